The Kier molecular flexibility index (Phi) is 7.99. The molecule has 2 aromatic rings. The molecule has 0 aromatic heterocycles. The van der Waals surface area contributed by atoms with E-state index in [9.17, 15) is 14.4 Å². The van der Waals surface area contributed by atoms with Gasteiger partial charge in [0, 0.05) is 30.5 Å². The molecule has 0 aliphatic heterocycles. The van der Waals surface area contributed by atoms with Crippen LogP contribution in [-0.2, 0) is 4.79 Å². The van der Waals surface area contributed by atoms with Gasteiger partial charge in [-0.3, -0.25) is 14.4 Å². The number of Topliss-reactive ketones (excluding diaryl/α,β-unsaturated/α-hetero) is 1. The molecule has 31 heavy (non-hydrogen) atoms. The van der Waals surface area contributed by atoms with E-state index in [2.05, 4.69) is 5.32 Å². The van der Waals surface area contributed by atoms with Crippen molar-refractivity contribution in [2.45, 2.75) is 57.8 Å². The van der Waals surface area contributed by atoms with Gasteiger partial charge in [0.1, 0.15) is 0 Å². The Labute approximate surface area is 183 Å². The average molecular weight is 422 g/mol. The maximum absolute atomic E-state index is 12.5. The van der Waals surface area contributed by atoms with Crippen molar-refractivity contribution in [3.8, 4) is 0 Å². The molecule has 5 heteroatoms. The molecule has 1 amide bonds. The zero-order valence-corrected chi connectivity index (χ0v) is 18.1. The van der Waals surface area contributed by atoms with E-state index < -0.39 is 5.97 Å². The van der Waals surface area contributed by atoms with Crippen LogP contribution in [0.4, 0.5) is 0 Å². The van der Waals surface area contributed by atoms with Crippen LogP contribution in [0.2, 0.25) is 0 Å². The lowest BCUT2D eigenvalue weighted by molar-refractivity contribution is -0.138. The number of nitrogens with one attached hydrogen (secondary N) is 1. The van der Waals surface area contributed by atoms with E-state index >= 15 is 0 Å². The van der Waals surface area contributed by atoms with Gasteiger partial charge >= 0.3 is 5.97 Å². The van der Waals surface area contributed by atoms with Crippen molar-refractivity contribution in [1.82, 2.24) is 5.32 Å². The summed E-state index contributed by atoms with van der Waals surface area (Å²) in [6, 6.07) is 15.3. The summed E-state index contributed by atoms with van der Waals surface area (Å²) in [7, 11) is 0. The van der Waals surface area contributed by atoms with Crippen LogP contribution in [0.3, 0.4) is 0 Å². The van der Waals surface area contributed by atoms with Crippen LogP contribution >= 0.6 is 0 Å². The molecule has 0 atom stereocenters. The highest BCUT2D eigenvalue weighted by Crippen LogP contribution is 2.37. The number of hydrogen-bond acceptors (Lipinski definition) is 3. The smallest absolute Gasteiger partial charge is 0.303 e. The zero-order chi connectivity index (χ0) is 22.2. The molecule has 1 fully saturated rings. The van der Waals surface area contributed by atoms with Gasteiger partial charge in [-0.1, -0.05) is 42.0 Å². The summed E-state index contributed by atoms with van der Waals surface area (Å²) in [5.41, 5.74) is 3.67. The first-order valence-corrected chi connectivity index (χ1v) is 11.1. The molecule has 0 unspecified atom stereocenters. The number of aryl methyl sites for hydroxylation is 1. The monoisotopic (exact) mass is 421 g/mol. The fraction of sp³-hybridized carbons (Fsp3) is 0.423. The lowest BCUT2D eigenvalue weighted by Crippen LogP contribution is -2.24. The van der Waals surface area contributed by atoms with E-state index in [1.807, 2.05) is 43.3 Å². The van der Waals surface area contributed by atoms with Crippen molar-refractivity contribution < 1.29 is 19.5 Å². The van der Waals surface area contributed by atoms with Crippen molar-refractivity contribution in [3.05, 3.63) is 70.8 Å². The lowest BCUT2D eigenvalue weighted by atomic mass is 9.77. The minimum absolute atomic E-state index is 0.0845. The molecule has 0 spiro atoms. The third-order valence-corrected chi connectivity index (χ3v) is 6.19. The van der Waals surface area contributed by atoms with Crippen LogP contribution in [0.1, 0.15) is 82.7 Å². The van der Waals surface area contributed by atoms with Crippen LogP contribution in [0.5, 0.6) is 0 Å². The van der Waals surface area contributed by atoms with Gasteiger partial charge in [-0.25, -0.2) is 0 Å². The van der Waals surface area contributed by atoms with Gasteiger partial charge in [0.2, 0.25) is 0 Å². The number of ketones is 1. The van der Waals surface area contributed by atoms with Crippen molar-refractivity contribution in [1.29, 1.82) is 0 Å². The molecule has 5 nitrogen and oxygen atoms in total. The van der Waals surface area contributed by atoms with Gasteiger partial charge in [0.25, 0.3) is 5.91 Å². The number of carboxylic acid groups (broad SMARTS) is 1. The summed E-state index contributed by atoms with van der Waals surface area (Å²) >= 11 is 0. The van der Waals surface area contributed by atoms with Crippen LogP contribution in [0.15, 0.2) is 48.5 Å². The molecule has 1 aliphatic carbocycles. The molecule has 0 bridgehead atoms. The quantitative estimate of drug-likeness (QED) is 0.434. The zero-order valence-electron chi connectivity index (χ0n) is 18.1. The number of carboxylic acids is 1. The molecular weight excluding hydrogens is 390 g/mol. The summed E-state index contributed by atoms with van der Waals surface area (Å²) in [5.74, 6) is 0.00416. The Balaban J connectivity index is 1.40. The van der Waals surface area contributed by atoms with E-state index in [-0.39, 0.29) is 18.1 Å². The summed E-state index contributed by atoms with van der Waals surface area (Å²) in [5, 5.41) is 11.8. The summed E-state index contributed by atoms with van der Waals surface area (Å²) in [6.07, 6.45) is 5.18. The van der Waals surface area contributed by atoms with E-state index in [1.54, 1.807) is 12.1 Å². The van der Waals surface area contributed by atoms with Gasteiger partial charge in [-0.15, -0.1) is 0 Å². The molecule has 164 valence electrons. The first kappa shape index (κ1) is 22.7. The van der Waals surface area contributed by atoms with E-state index in [4.69, 9.17) is 5.11 Å². The molecule has 0 radical (unpaired) electrons. The molecule has 3 rings (SSSR count). The number of carbonyl (C=O) groups is 3. The van der Waals surface area contributed by atoms with Gasteiger partial charge in [-0.2, -0.15) is 0 Å². The minimum Gasteiger partial charge on any atom is -0.481 e. The molecule has 0 saturated heterocycles. The third-order valence-electron chi connectivity index (χ3n) is 6.19. The fourth-order valence-electron chi connectivity index (χ4n) is 4.29. The van der Waals surface area contributed by atoms with Crippen LogP contribution in [-0.4, -0.2) is 29.3 Å². The molecule has 0 heterocycles. The molecule has 1 saturated carbocycles. The predicted molar refractivity (Wildman–Crippen MR) is 120 cm³/mol. The molecule has 2 aromatic carbocycles. The summed E-state index contributed by atoms with van der Waals surface area (Å²) in [4.78, 5) is 35.4. The number of rotatable bonds is 9. The normalized spacial score (nSPS) is 18.4. The lowest BCUT2D eigenvalue weighted by Gasteiger charge is -2.28. The number of aliphatic carboxylic acids is 1. The van der Waals surface area contributed by atoms with Crippen molar-refractivity contribution in [3.63, 3.8) is 0 Å². The standard InChI is InChI=1S/C26H31NO4/c1-18-4-8-23(9-5-18)26(31)27-16-2-3-24(28)22-14-12-21(13-15-22)20-10-6-19(7-11-20)17-25(29)30/h4-5,8-9,12-15,19-20H,2-3,6-7,10-11,16-17H2,1H3,(H,27,31)(H,29,30). The maximum atomic E-state index is 12.5. The van der Waals surface area contributed by atoms with Crippen molar-refractivity contribution >= 4 is 17.7 Å². The predicted octanol–water partition coefficient (Wildman–Crippen LogP) is 5.14. The second-order valence-corrected chi connectivity index (χ2v) is 8.59. The first-order chi connectivity index (χ1) is 14.9. The number of benzene rings is 2. The van der Waals surface area contributed by atoms with E-state index in [0.29, 0.717) is 42.3 Å². The highest BCUT2D eigenvalue weighted by Gasteiger charge is 2.24. The summed E-state index contributed by atoms with van der Waals surface area (Å²) in [6.45, 7) is 2.45. The Morgan fingerprint density at radius 3 is 2.13 bits per heavy atom. The third kappa shape index (κ3) is 6.78. The second kappa shape index (κ2) is 10.9. The Morgan fingerprint density at radius 2 is 1.52 bits per heavy atom. The fourth-order valence-corrected chi connectivity index (χ4v) is 4.29. The average Bonchev–Trinajstić information content (AvgIpc) is 2.77. The number of carbonyl (C=O) groups excluding carboxylic acids is 2. The van der Waals surface area contributed by atoms with Crippen molar-refractivity contribution in [2.75, 3.05) is 6.54 Å². The highest BCUT2D eigenvalue weighted by atomic mass is 16.4. The minimum atomic E-state index is -0.707. The largest absolute Gasteiger partial charge is 0.481 e. The van der Waals surface area contributed by atoms with E-state index in [1.165, 1.54) is 5.56 Å². The molecular formula is C26H31NO4. The van der Waals surface area contributed by atoms with Crippen LogP contribution in [0.25, 0.3) is 0 Å². The van der Waals surface area contributed by atoms with Crippen LogP contribution in [0, 0.1) is 12.8 Å². The molecule has 2 N–H and O–H groups in total. The first-order valence-electron chi connectivity index (χ1n) is 11.1. The highest BCUT2D eigenvalue weighted by molar-refractivity contribution is 5.96. The van der Waals surface area contributed by atoms with Gasteiger partial charge in [0.15, 0.2) is 5.78 Å². The Morgan fingerprint density at radius 1 is 0.903 bits per heavy atom. The SMILES string of the molecule is Cc1ccc(C(=O)NCCCC(=O)c2ccc(C3CCC(CC(=O)O)CC3)cc2)cc1. The molecule has 1 aliphatic rings. The van der Waals surface area contributed by atoms with Gasteiger partial charge in [0.05, 0.1) is 0 Å². The number of hydrogen-bond donors (Lipinski definition) is 2. The van der Waals surface area contributed by atoms with Crippen molar-refractivity contribution in [2.24, 2.45) is 5.92 Å². The van der Waals surface area contributed by atoms with Gasteiger partial charge < -0.3 is 10.4 Å². The summed E-state index contributed by atoms with van der Waals surface area (Å²) < 4.78 is 0. The maximum Gasteiger partial charge on any atom is 0.303 e. The second-order valence-electron chi connectivity index (χ2n) is 8.59. The topological polar surface area (TPSA) is 83.5 Å². The Bertz CT molecular complexity index is 894. The van der Waals surface area contributed by atoms with E-state index in [0.717, 1.165) is 31.2 Å². The Hall–Kier alpha value is -2.95. The number of amides is 1. The van der Waals surface area contributed by atoms with Crippen LogP contribution < -0.4 is 5.32 Å². The van der Waals surface area contributed by atoms with Gasteiger partial charge in [-0.05, 0) is 68.6 Å².